The first-order valence-corrected chi connectivity index (χ1v) is 13.0. The Morgan fingerprint density at radius 1 is 0.921 bits per heavy atom. The summed E-state index contributed by atoms with van der Waals surface area (Å²) in [5.74, 6) is 0.609. The number of benzene rings is 3. The Kier molecular flexibility index (Phi) is 8.63. The summed E-state index contributed by atoms with van der Waals surface area (Å²) >= 11 is 0. The Morgan fingerprint density at radius 3 is 2.16 bits per heavy atom. The number of nitrogens with one attached hydrogen (secondary N) is 1. The number of likely N-dealkylation sites (N-methyl/N-ethyl adjacent to an activating group) is 1. The van der Waals surface area contributed by atoms with Gasteiger partial charge in [-0.1, -0.05) is 91.0 Å². The second-order valence-electron chi connectivity index (χ2n) is 9.97. The molecule has 0 saturated carbocycles. The molecule has 1 aliphatic heterocycles. The number of hydrogen-bond donors (Lipinski definition) is 2. The normalized spacial score (nSPS) is 19.6. The summed E-state index contributed by atoms with van der Waals surface area (Å²) in [4.78, 5) is 10.5. The minimum absolute atomic E-state index is 0.0811. The van der Waals surface area contributed by atoms with Gasteiger partial charge in [-0.05, 0) is 12.6 Å². The lowest BCUT2D eigenvalue weighted by Crippen LogP contribution is -2.45. The number of rotatable bonds is 11. The van der Waals surface area contributed by atoms with Crippen LogP contribution in [-0.4, -0.2) is 66.6 Å². The van der Waals surface area contributed by atoms with E-state index in [1.807, 2.05) is 54.6 Å². The lowest BCUT2D eigenvalue weighted by Gasteiger charge is -2.37. The average molecular weight is 514 g/mol. The number of ether oxygens (including phenoxy) is 3. The van der Waals surface area contributed by atoms with Crippen molar-refractivity contribution in [3.05, 3.63) is 102 Å². The molecule has 1 fully saturated rings. The molecular formula is C31H35N3O4. The van der Waals surface area contributed by atoms with Gasteiger partial charge >= 0.3 is 0 Å². The van der Waals surface area contributed by atoms with Crippen molar-refractivity contribution in [2.45, 2.75) is 12.8 Å². The number of aromatic amines is 1. The molecule has 0 spiro atoms. The molecule has 0 amide bonds. The van der Waals surface area contributed by atoms with Crippen molar-refractivity contribution in [1.82, 2.24) is 14.9 Å². The Morgan fingerprint density at radius 2 is 1.53 bits per heavy atom. The molecule has 2 heterocycles. The van der Waals surface area contributed by atoms with E-state index in [1.54, 1.807) is 0 Å². The lowest BCUT2D eigenvalue weighted by atomic mass is 9.91. The predicted octanol–water partition coefficient (Wildman–Crippen LogP) is 4.92. The third-order valence-electron chi connectivity index (χ3n) is 6.79. The van der Waals surface area contributed by atoms with E-state index in [9.17, 15) is 5.11 Å². The van der Waals surface area contributed by atoms with E-state index in [1.165, 1.54) is 5.56 Å². The van der Waals surface area contributed by atoms with Gasteiger partial charge < -0.3 is 24.3 Å². The zero-order chi connectivity index (χ0) is 26.2. The van der Waals surface area contributed by atoms with Crippen LogP contribution in [0.2, 0.25) is 0 Å². The first kappa shape index (κ1) is 26.3. The summed E-state index contributed by atoms with van der Waals surface area (Å²) in [6.07, 6.45) is -0.647. The number of aliphatic hydroxyl groups is 1. The van der Waals surface area contributed by atoms with E-state index in [0.717, 1.165) is 35.6 Å². The van der Waals surface area contributed by atoms with E-state index >= 15 is 0 Å². The van der Waals surface area contributed by atoms with E-state index in [4.69, 9.17) is 19.2 Å². The molecule has 4 aromatic rings. The molecule has 7 heteroatoms. The molecule has 0 unspecified atom stereocenters. The van der Waals surface area contributed by atoms with Crippen molar-refractivity contribution in [3.63, 3.8) is 0 Å². The second kappa shape index (κ2) is 12.5. The summed E-state index contributed by atoms with van der Waals surface area (Å²) in [7, 11) is 2.08. The smallest absolute Gasteiger partial charge is 0.217 e. The van der Waals surface area contributed by atoms with Crippen LogP contribution in [0.4, 0.5) is 0 Å². The standard InChI is InChI=1S/C31H35N3O4/c1-34(19-24-11-5-2-6-12-24)17-18-36-21-31(20-35)22-37-30(38-23-31)29-32-27(25-13-7-3-8-14-25)28(33-29)26-15-9-4-10-16-26/h2-16,30,35H,17-23H2,1H3,(H,32,33). The Balaban J connectivity index is 1.19. The van der Waals surface area contributed by atoms with Gasteiger partial charge in [0.1, 0.15) is 0 Å². The van der Waals surface area contributed by atoms with Gasteiger partial charge in [0.15, 0.2) is 5.82 Å². The fourth-order valence-corrected chi connectivity index (χ4v) is 4.58. The monoisotopic (exact) mass is 513 g/mol. The second-order valence-corrected chi connectivity index (χ2v) is 9.97. The Hall–Kier alpha value is -3.33. The summed E-state index contributed by atoms with van der Waals surface area (Å²) in [6, 6.07) is 30.6. The molecule has 0 bridgehead atoms. The lowest BCUT2D eigenvalue weighted by molar-refractivity contribution is -0.253. The maximum absolute atomic E-state index is 10.2. The summed E-state index contributed by atoms with van der Waals surface area (Å²) in [5.41, 5.74) is 4.48. The Labute approximate surface area is 224 Å². The molecular weight excluding hydrogens is 478 g/mol. The van der Waals surface area contributed by atoms with Crippen molar-refractivity contribution in [2.75, 3.05) is 46.6 Å². The molecule has 5 rings (SSSR count). The van der Waals surface area contributed by atoms with Gasteiger partial charge in [-0.2, -0.15) is 0 Å². The van der Waals surface area contributed by atoms with E-state index < -0.39 is 11.7 Å². The molecule has 38 heavy (non-hydrogen) atoms. The highest BCUT2D eigenvalue weighted by molar-refractivity contribution is 5.78. The van der Waals surface area contributed by atoms with Gasteiger partial charge in [-0.3, -0.25) is 4.90 Å². The van der Waals surface area contributed by atoms with Crippen molar-refractivity contribution in [2.24, 2.45) is 5.41 Å². The Bertz CT molecular complexity index is 1200. The highest BCUT2D eigenvalue weighted by atomic mass is 16.7. The van der Waals surface area contributed by atoms with E-state index in [2.05, 4.69) is 53.3 Å². The van der Waals surface area contributed by atoms with Gasteiger partial charge in [0, 0.05) is 24.2 Å². The molecule has 0 atom stereocenters. The number of H-pyrrole nitrogens is 1. The van der Waals surface area contributed by atoms with Crippen molar-refractivity contribution in [1.29, 1.82) is 0 Å². The van der Waals surface area contributed by atoms with Crippen molar-refractivity contribution >= 4 is 0 Å². The van der Waals surface area contributed by atoms with Gasteiger partial charge in [0.05, 0.1) is 49.8 Å². The number of imidazole rings is 1. The topological polar surface area (TPSA) is 79.8 Å². The van der Waals surface area contributed by atoms with Crippen LogP contribution in [0.25, 0.3) is 22.5 Å². The van der Waals surface area contributed by atoms with Crippen molar-refractivity contribution < 1.29 is 19.3 Å². The third-order valence-corrected chi connectivity index (χ3v) is 6.79. The number of nitrogens with zero attached hydrogens (tertiary/aromatic N) is 2. The fraction of sp³-hybridized carbons (Fsp3) is 0.323. The van der Waals surface area contributed by atoms with Gasteiger partial charge in [0.25, 0.3) is 0 Å². The zero-order valence-electron chi connectivity index (χ0n) is 21.8. The van der Waals surface area contributed by atoms with Crippen LogP contribution in [0.5, 0.6) is 0 Å². The van der Waals surface area contributed by atoms with Crippen LogP contribution >= 0.6 is 0 Å². The highest BCUT2D eigenvalue weighted by Crippen LogP contribution is 2.35. The predicted molar refractivity (Wildman–Crippen MR) is 147 cm³/mol. The van der Waals surface area contributed by atoms with Gasteiger partial charge in [-0.25, -0.2) is 4.98 Å². The van der Waals surface area contributed by atoms with Gasteiger partial charge in [0.2, 0.25) is 6.29 Å². The maximum Gasteiger partial charge on any atom is 0.217 e. The minimum atomic E-state index is -0.647. The largest absolute Gasteiger partial charge is 0.396 e. The number of aromatic nitrogens is 2. The van der Waals surface area contributed by atoms with Crippen LogP contribution in [0.3, 0.4) is 0 Å². The maximum atomic E-state index is 10.2. The SMILES string of the molecule is CN(CCOCC1(CO)COC(c2nc(-c3ccccc3)c(-c3ccccc3)[nH]2)OC1)Cc1ccccc1. The highest BCUT2D eigenvalue weighted by Gasteiger charge is 2.39. The molecule has 1 saturated heterocycles. The fourth-order valence-electron chi connectivity index (χ4n) is 4.58. The third kappa shape index (κ3) is 6.38. The molecule has 2 N–H and O–H groups in total. The van der Waals surface area contributed by atoms with Gasteiger partial charge in [-0.15, -0.1) is 0 Å². The van der Waals surface area contributed by atoms with Crippen LogP contribution in [0.1, 0.15) is 17.7 Å². The summed E-state index contributed by atoms with van der Waals surface area (Å²) < 4.78 is 18.2. The molecule has 1 aromatic heterocycles. The summed E-state index contributed by atoms with van der Waals surface area (Å²) in [5, 5.41) is 10.2. The molecule has 0 radical (unpaired) electrons. The van der Waals surface area contributed by atoms with E-state index in [0.29, 0.717) is 32.3 Å². The molecule has 0 aliphatic carbocycles. The number of hydrogen-bond acceptors (Lipinski definition) is 6. The van der Waals surface area contributed by atoms with Crippen LogP contribution < -0.4 is 0 Å². The van der Waals surface area contributed by atoms with E-state index in [-0.39, 0.29) is 6.61 Å². The molecule has 1 aliphatic rings. The minimum Gasteiger partial charge on any atom is -0.396 e. The van der Waals surface area contributed by atoms with Crippen molar-refractivity contribution in [3.8, 4) is 22.5 Å². The van der Waals surface area contributed by atoms with Crippen LogP contribution in [0, 0.1) is 5.41 Å². The molecule has 3 aromatic carbocycles. The zero-order valence-corrected chi connectivity index (χ0v) is 21.8. The van der Waals surface area contributed by atoms with Crippen LogP contribution in [-0.2, 0) is 20.8 Å². The average Bonchev–Trinajstić information content (AvgIpc) is 3.43. The first-order chi connectivity index (χ1) is 18.7. The number of aliphatic hydroxyl groups excluding tert-OH is 1. The first-order valence-electron chi connectivity index (χ1n) is 13.0. The van der Waals surface area contributed by atoms with Crippen LogP contribution in [0.15, 0.2) is 91.0 Å². The molecule has 198 valence electrons. The molecule has 7 nitrogen and oxygen atoms in total. The quantitative estimate of drug-likeness (QED) is 0.277. The summed E-state index contributed by atoms with van der Waals surface area (Å²) in [6.45, 7) is 3.13.